The molecule has 2 bridgehead atoms. The number of aromatic amines is 3. The van der Waals surface area contributed by atoms with Crippen LogP contribution in [-0.4, -0.2) is 208 Å². The summed E-state index contributed by atoms with van der Waals surface area (Å²) in [5.41, 5.74) is 9.59. The number of rotatable bonds is 18. The molecule has 0 saturated carbocycles. The number of fused-ring (bicyclic) bond motifs is 4. The van der Waals surface area contributed by atoms with E-state index in [4.69, 9.17) is 5.73 Å². The quantitative estimate of drug-likeness (QED) is 0.0449. The summed E-state index contributed by atoms with van der Waals surface area (Å²) in [6, 6.07) is -1.03. The molecule has 0 aliphatic carbocycles. The SMILES string of the molecule is CN[C@H]1CCc2cn(nn2)CCCC[C@@H](C(=O)N[C@H](C(N)=O)[C@@H](C)O)NC(=O)[C@H](Cc2c[nH]c3ccccc23)NC(=O)[C@H](C(C)C)NC(=O)[C@H](CC(C)C)NC(=O)[C@H](CCC(=O)O)NC(=O)CNC(=O)[C@H](C=C(C)C)NC(=O)[C@H](Cc2cnc[nH]2)NC(=O)[C@H](Cc2c[nH]c3ccccc23)NC(=O)[C@H](C)NC1=O. The Morgan fingerprint density at radius 2 is 1.24 bits per heavy atom. The molecular weight excluding hydrogens is 1380 g/mol. The molecule has 5 heterocycles. The van der Waals surface area contributed by atoms with Gasteiger partial charge in [-0.15, -0.1) is 5.10 Å². The lowest BCUT2D eigenvalue weighted by Crippen LogP contribution is -2.61. The van der Waals surface area contributed by atoms with Crippen molar-refractivity contribution < 1.29 is 72.5 Å². The number of nitrogens with two attached hydrogens (primary N) is 1. The van der Waals surface area contributed by atoms with Gasteiger partial charge in [-0.25, -0.2) is 4.98 Å². The summed E-state index contributed by atoms with van der Waals surface area (Å²) < 4.78 is 1.54. The van der Waals surface area contributed by atoms with Crippen molar-refractivity contribution in [3.8, 4) is 0 Å². The van der Waals surface area contributed by atoms with Crippen LogP contribution in [0.15, 0.2) is 91.3 Å². The maximum Gasteiger partial charge on any atom is 0.303 e. The second-order valence-electron chi connectivity index (χ2n) is 27.8. The number of benzene rings is 2. The molecular formula is C72H100N20O15. The minimum absolute atomic E-state index is 0.0518. The topological polar surface area (TPSA) is 524 Å². The van der Waals surface area contributed by atoms with Gasteiger partial charge in [0, 0.05) is 84.5 Å². The highest BCUT2D eigenvalue weighted by molar-refractivity contribution is 6.00. The van der Waals surface area contributed by atoms with Crippen LogP contribution < -0.4 is 69.5 Å². The van der Waals surface area contributed by atoms with Crippen LogP contribution in [0.4, 0.5) is 0 Å². The molecule has 4 aromatic heterocycles. The maximum absolute atomic E-state index is 14.9. The number of aryl methyl sites for hydroxylation is 2. The van der Waals surface area contributed by atoms with Crippen LogP contribution in [0.3, 0.4) is 0 Å². The monoisotopic (exact) mass is 1480 g/mol. The Morgan fingerprint density at radius 1 is 0.664 bits per heavy atom. The summed E-state index contributed by atoms with van der Waals surface area (Å²) >= 11 is 0. The number of nitrogens with one attached hydrogen (secondary N) is 15. The van der Waals surface area contributed by atoms with Gasteiger partial charge in [-0.3, -0.25) is 67.0 Å². The normalized spacial score (nSPS) is 23.1. The number of aliphatic hydroxyl groups excluding tert-OH is 1. The first kappa shape index (κ1) is 82.9. The number of aliphatic carboxylic acids is 1. The van der Waals surface area contributed by atoms with Gasteiger partial charge in [0.05, 0.1) is 30.7 Å². The minimum Gasteiger partial charge on any atom is -0.481 e. The third-order valence-corrected chi connectivity index (χ3v) is 18.0. The molecule has 35 nitrogen and oxygen atoms in total. The van der Waals surface area contributed by atoms with Crippen LogP contribution in [-0.2, 0) is 94.6 Å². The zero-order valence-electron chi connectivity index (χ0n) is 61.4. The summed E-state index contributed by atoms with van der Waals surface area (Å²) in [6.45, 7) is 12.1. The molecule has 0 radical (unpaired) electrons. The Balaban J connectivity index is 1.21. The molecule has 1 aliphatic heterocycles. The van der Waals surface area contributed by atoms with Crippen molar-refractivity contribution in [3.05, 3.63) is 114 Å². The van der Waals surface area contributed by atoms with E-state index >= 15 is 0 Å². The highest BCUT2D eigenvalue weighted by atomic mass is 16.4. The Morgan fingerprint density at radius 3 is 1.82 bits per heavy atom. The van der Waals surface area contributed by atoms with Gasteiger partial charge >= 0.3 is 5.97 Å². The van der Waals surface area contributed by atoms with E-state index in [1.54, 1.807) is 102 Å². The molecule has 12 amide bonds. The van der Waals surface area contributed by atoms with E-state index in [1.807, 2.05) is 18.2 Å². The number of hydrogen-bond acceptors (Lipinski definition) is 18. The second-order valence-corrected chi connectivity index (χ2v) is 27.8. The van der Waals surface area contributed by atoms with Crippen molar-refractivity contribution in [2.45, 2.75) is 205 Å². The van der Waals surface area contributed by atoms with Gasteiger partial charge in [0.1, 0.15) is 60.4 Å². The molecule has 107 heavy (non-hydrogen) atoms. The maximum atomic E-state index is 14.9. The molecule has 0 fully saturated rings. The number of likely N-dealkylation sites (N-methyl/N-ethyl adjacent to an activating group) is 1. The lowest BCUT2D eigenvalue weighted by atomic mass is 9.98. The van der Waals surface area contributed by atoms with E-state index in [2.05, 4.69) is 94.0 Å². The molecule has 0 saturated heterocycles. The van der Waals surface area contributed by atoms with Gasteiger partial charge in [-0.2, -0.15) is 0 Å². The van der Waals surface area contributed by atoms with E-state index in [-0.39, 0.29) is 63.8 Å². The predicted octanol–water partition coefficient (Wildman–Crippen LogP) is -1.22. The molecule has 12 atom stereocenters. The molecule has 35 heteroatoms. The number of H-pyrrole nitrogens is 3. The second kappa shape index (κ2) is 39.7. The molecule has 2 aromatic carbocycles. The molecule has 7 rings (SSSR count). The Kier molecular flexibility index (Phi) is 30.7. The van der Waals surface area contributed by atoms with Gasteiger partial charge in [0.25, 0.3) is 0 Å². The van der Waals surface area contributed by atoms with Gasteiger partial charge in [0.15, 0.2) is 0 Å². The highest BCUT2D eigenvalue weighted by Crippen LogP contribution is 2.22. The number of imidazole rings is 1. The van der Waals surface area contributed by atoms with Crippen molar-refractivity contribution in [3.63, 3.8) is 0 Å². The average Bonchev–Trinajstić information content (AvgIpc) is 1.78. The highest BCUT2D eigenvalue weighted by Gasteiger charge is 2.38. The molecule has 6 aromatic rings. The number of hydrogen-bond donors (Lipinski definition) is 18. The van der Waals surface area contributed by atoms with Crippen LogP contribution in [0, 0.1) is 11.8 Å². The first-order valence-electron chi connectivity index (χ1n) is 35.7. The first-order valence-corrected chi connectivity index (χ1v) is 35.7. The van der Waals surface area contributed by atoms with E-state index < -0.39 is 175 Å². The largest absolute Gasteiger partial charge is 0.481 e. The number of primary amides is 1. The number of aliphatic hydroxyl groups is 1. The summed E-state index contributed by atoms with van der Waals surface area (Å²) in [5, 5.41) is 62.2. The molecule has 0 spiro atoms. The fraction of sp³-hybridized carbons (Fsp3) is 0.500. The summed E-state index contributed by atoms with van der Waals surface area (Å²) in [6.07, 6.45) is 6.84. The smallest absolute Gasteiger partial charge is 0.303 e. The fourth-order valence-corrected chi connectivity index (χ4v) is 12.2. The number of para-hydroxylation sites is 2. The summed E-state index contributed by atoms with van der Waals surface area (Å²) in [7, 11) is 1.56. The van der Waals surface area contributed by atoms with Crippen LogP contribution in [0.2, 0.25) is 0 Å². The number of carboxylic acid groups (broad SMARTS) is 1. The number of amides is 12. The molecule has 19 N–H and O–H groups in total. The number of nitrogens with zero attached hydrogens (tertiary/aromatic N) is 4. The van der Waals surface area contributed by atoms with Crippen LogP contribution in [0.25, 0.3) is 21.8 Å². The number of aromatic nitrogens is 7. The first-order chi connectivity index (χ1) is 50.9. The van der Waals surface area contributed by atoms with E-state index in [0.29, 0.717) is 45.4 Å². The third-order valence-electron chi connectivity index (χ3n) is 18.0. The molecule has 0 unspecified atom stereocenters. The zero-order valence-corrected chi connectivity index (χ0v) is 61.4. The van der Waals surface area contributed by atoms with Crippen molar-refractivity contribution in [1.82, 2.24) is 98.7 Å². The number of carbonyl (C=O) groups is 13. The predicted molar refractivity (Wildman–Crippen MR) is 391 cm³/mol. The third kappa shape index (κ3) is 24.9. The summed E-state index contributed by atoms with van der Waals surface area (Å²) in [4.78, 5) is 196. The Bertz CT molecular complexity index is 4140. The van der Waals surface area contributed by atoms with Crippen molar-refractivity contribution >= 4 is 98.7 Å². The van der Waals surface area contributed by atoms with Gasteiger partial charge in [-0.05, 0) is 115 Å². The van der Waals surface area contributed by atoms with Crippen molar-refractivity contribution in [1.29, 1.82) is 0 Å². The van der Waals surface area contributed by atoms with Crippen molar-refractivity contribution in [2.75, 3.05) is 13.6 Å². The van der Waals surface area contributed by atoms with Crippen molar-refractivity contribution in [2.24, 2.45) is 17.6 Å². The van der Waals surface area contributed by atoms with E-state index in [0.717, 1.165) is 10.9 Å². The number of allylic oxidation sites excluding steroid dienone is 1. The van der Waals surface area contributed by atoms with Crippen LogP contribution in [0.1, 0.15) is 123 Å². The lowest BCUT2D eigenvalue weighted by Gasteiger charge is -2.29. The van der Waals surface area contributed by atoms with Gasteiger partial charge < -0.3 is 94.7 Å². The van der Waals surface area contributed by atoms with Crippen LogP contribution >= 0.6 is 0 Å². The zero-order chi connectivity index (χ0) is 78.2. The molecule has 1 aliphatic rings. The molecule has 578 valence electrons. The fourth-order valence-electron chi connectivity index (χ4n) is 12.2. The van der Waals surface area contributed by atoms with Gasteiger partial charge in [0.2, 0.25) is 70.9 Å². The Labute approximate surface area is 617 Å². The number of carboxylic acids is 1. The minimum atomic E-state index is -1.64. The lowest BCUT2D eigenvalue weighted by molar-refractivity contribution is -0.138. The van der Waals surface area contributed by atoms with Gasteiger partial charge in [-0.1, -0.05) is 81.0 Å². The standard InChI is InChI=1S/C72H100N20O15/c1-37(2)26-53-64(99)78-34-58(94)81-52(23-24-59(95)96)66(101)85-54(27-38(3)4)71(106)88-60(39(5)6)72(107)87-56(29-43-32-77-49-19-13-11-17-47(43)49)68(103)82-51(67(102)89-61(41(8)93)62(73)97)20-14-15-25-92-35-44(90-91-92)21-22-50(74-9)65(100)80-40(7)63(98)83-55(28-42-31-76-48-18-12-10-16-46(42)48)69(104)86-57(70(105)84-53)30-45-33-75-36-79-45/h10-13,16-19,26,31-33,35-36,38-41,50-57,60-61,74,76-77,93H,14-15,20-25,27-30,34H2,1-9H3,(H2,73,97)(H,75,79)(H,78,99)(H,80,100)(H,81,94)(H,82,103)(H,83,98)(H,84,105)(H,85,101)(H,86,104)(H,87,107)(H,88,106)(H,89,102)(H,95,96)/t40-,41+,50-,51-,52-,53-,54-,55-,56-,57-,60-,61-/m0/s1. The average molecular weight is 1490 g/mol. The van der Waals surface area contributed by atoms with E-state index in [9.17, 15) is 72.5 Å². The van der Waals surface area contributed by atoms with Crippen LogP contribution in [0.5, 0.6) is 0 Å². The Hall–Kier alpha value is -11.4. The summed E-state index contributed by atoms with van der Waals surface area (Å²) in [5.74, 6) is -13.0. The van der Waals surface area contributed by atoms with E-state index in [1.165, 1.54) is 32.4 Å². The number of carbonyl (C=O) groups excluding carboxylic acids is 12.